The van der Waals surface area contributed by atoms with E-state index in [1.165, 1.54) is 12.5 Å². The Hall–Kier alpha value is -3.61. The number of anilines is 1. The Labute approximate surface area is 156 Å². The zero-order chi connectivity index (χ0) is 18.9. The molecule has 7 nitrogen and oxygen atoms in total. The summed E-state index contributed by atoms with van der Waals surface area (Å²) in [5.74, 6) is -0.390. The highest BCUT2D eigenvalue weighted by Gasteiger charge is 2.22. The van der Waals surface area contributed by atoms with Gasteiger partial charge in [-0.05, 0) is 11.1 Å². The number of amides is 2. The number of aromatic nitrogens is 1. The van der Waals surface area contributed by atoms with E-state index < -0.39 is 18.0 Å². The number of alkyl carbamates (subject to hydrolysis) is 1. The second kappa shape index (κ2) is 9.19. The molecular formula is C20H19N3O4. The van der Waals surface area contributed by atoms with Crippen LogP contribution in [0, 0.1) is 0 Å². The number of benzene rings is 2. The van der Waals surface area contributed by atoms with E-state index >= 15 is 0 Å². The fraction of sp³-hybridized carbons (Fsp3) is 0.150. The van der Waals surface area contributed by atoms with Gasteiger partial charge < -0.3 is 19.9 Å². The van der Waals surface area contributed by atoms with Crippen molar-refractivity contribution < 1.29 is 18.8 Å². The lowest BCUT2D eigenvalue weighted by Gasteiger charge is -2.18. The largest absolute Gasteiger partial charge is 0.445 e. The predicted molar refractivity (Wildman–Crippen MR) is 98.8 cm³/mol. The number of carbonyl (C=O) groups excluding carboxylic acids is 2. The number of hydrogen-bond acceptors (Lipinski definition) is 5. The molecule has 0 fully saturated rings. The van der Waals surface area contributed by atoms with Crippen LogP contribution in [0.3, 0.4) is 0 Å². The van der Waals surface area contributed by atoms with Crippen LogP contribution >= 0.6 is 0 Å². The van der Waals surface area contributed by atoms with Gasteiger partial charge >= 0.3 is 6.09 Å². The van der Waals surface area contributed by atoms with Crippen molar-refractivity contribution >= 4 is 17.7 Å². The predicted octanol–water partition coefficient (Wildman–Crippen LogP) is 3.15. The number of hydrogen-bond donors (Lipinski definition) is 2. The first-order valence-corrected chi connectivity index (χ1v) is 8.42. The van der Waals surface area contributed by atoms with E-state index in [-0.39, 0.29) is 6.61 Å². The van der Waals surface area contributed by atoms with Crippen molar-refractivity contribution in [3.63, 3.8) is 0 Å². The van der Waals surface area contributed by atoms with Crippen LogP contribution in [0.2, 0.25) is 0 Å². The van der Waals surface area contributed by atoms with Crippen molar-refractivity contribution in [3.05, 3.63) is 84.3 Å². The van der Waals surface area contributed by atoms with Gasteiger partial charge in [-0.3, -0.25) is 4.79 Å². The Balaban J connectivity index is 1.63. The van der Waals surface area contributed by atoms with Crippen molar-refractivity contribution in [1.29, 1.82) is 0 Å². The number of nitrogens with zero attached hydrogens (tertiary/aromatic N) is 1. The molecule has 0 radical (unpaired) electrons. The molecule has 0 saturated heterocycles. The molecule has 1 aromatic heterocycles. The molecule has 27 heavy (non-hydrogen) atoms. The van der Waals surface area contributed by atoms with Crippen LogP contribution in [0.1, 0.15) is 11.1 Å². The van der Waals surface area contributed by atoms with Crippen LogP contribution in [0.4, 0.5) is 10.5 Å². The average molecular weight is 365 g/mol. The van der Waals surface area contributed by atoms with Gasteiger partial charge in [0.15, 0.2) is 0 Å². The molecule has 0 aliphatic carbocycles. The molecule has 3 rings (SSSR count). The lowest BCUT2D eigenvalue weighted by Crippen LogP contribution is -2.45. The number of nitrogens with one attached hydrogen (secondary N) is 2. The average Bonchev–Trinajstić information content (AvgIpc) is 3.20. The second-order valence-corrected chi connectivity index (χ2v) is 5.85. The molecule has 2 N–H and O–H groups in total. The highest BCUT2D eigenvalue weighted by Crippen LogP contribution is 2.09. The third-order valence-electron chi connectivity index (χ3n) is 3.80. The number of carbonyl (C=O) groups is 2. The molecule has 0 unspecified atom stereocenters. The van der Waals surface area contributed by atoms with E-state index in [1.807, 2.05) is 60.7 Å². The molecule has 3 aromatic rings. The summed E-state index contributed by atoms with van der Waals surface area (Å²) in [5.41, 5.74) is 2.19. The van der Waals surface area contributed by atoms with Crippen LogP contribution in [0.25, 0.3) is 0 Å². The summed E-state index contributed by atoms with van der Waals surface area (Å²) in [6.07, 6.45) is 2.34. The first kappa shape index (κ1) is 18.2. The van der Waals surface area contributed by atoms with Crippen molar-refractivity contribution in [2.24, 2.45) is 0 Å². The van der Waals surface area contributed by atoms with Crippen LogP contribution < -0.4 is 10.6 Å². The van der Waals surface area contributed by atoms with Gasteiger partial charge in [-0.15, -0.1) is 0 Å². The maximum Gasteiger partial charge on any atom is 0.408 e. The van der Waals surface area contributed by atoms with E-state index in [1.54, 1.807) is 0 Å². The van der Waals surface area contributed by atoms with Gasteiger partial charge in [-0.25, -0.2) is 4.79 Å². The normalized spacial score (nSPS) is 11.4. The summed E-state index contributed by atoms with van der Waals surface area (Å²) < 4.78 is 9.93. The lowest BCUT2D eigenvalue weighted by atomic mass is 10.1. The highest BCUT2D eigenvalue weighted by molar-refractivity contribution is 5.96. The Morgan fingerprint density at radius 3 is 2.30 bits per heavy atom. The maximum absolute atomic E-state index is 12.6. The van der Waals surface area contributed by atoms with Crippen molar-refractivity contribution in [1.82, 2.24) is 10.5 Å². The van der Waals surface area contributed by atoms with E-state index in [0.717, 1.165) is 11.1 Å². The zero-order valence-electron chi connectivity index (χ0n) is 14.5. The van der Waals surface area contributed by atoms with Gasteiger partial charge in [0.25, 0.3) is 0 Å². The minimum atomic E-state index is -0.814. The summed E-state index contributed by atoms with van der Waals surface area (Å²) >= 11 is 0. The van der Waals surface area contributed by atoms with Gasteiger partial charge in [-0.2, -0.15) is 0 Å². The maximum atomic E-state index is 12.6. The van der Waals surface area contributed by atoms with Crippen molar-refractivity contribution in [2.45, 2.75) is 19.1 Å². The summed E-state index contributed by atoms with van der Waals surface area (Å²) in [6.45, 7) is 0.123. The van der Waals surface area contributed by atoms with E-state index in [0.29, 0.717) is 12.1 Å². The van der Waals surface area contributed by atoms with Gasteiger partial charge in [0.1, 0.15) is 24.6 Å². The molecule has 138 valence electrons. The zero-order valence-corrected chi connectivity index (χ0v) is 14.5. The standard InChI is InChI=1S/C20H19N3O4/c24-19(22-17-12-21-27-14-17)18(11-15-7-3-1-4-8-15)23-20(25)26-13-16-9-5-2-6-10-16/h1-10,12,14,18H,11,13H2,(H,22,24)(H,23,25)/t18-/m0/s1. The minimum Gasteiger partial charge on any atom is -0.445 e. The Bertz CT molecular complexity index is 851. The molecule has 0 saturated carbocycles. The third-order valence-corrected chi connectivity index (χ3v) is 3.80. The van der Waals surface area contributed by atoms with E-state index in [9.17, 15) is 9.59 Å². The van der Waals surface area contributed by atoms with Crippen LogP contribution in [-0.2, 0) is 22.6 Å². The second-order valence-electron chi connectivity index (χ2n) is 5.85. The van der Waals surface area contributed by atoms with E-state index in [4.69, 9.17) is 9.26 Å². The summed E-state index contributed by atoms with van der Waals surface area (Å²) in [7, 11) is 0. The van der Waals surface area contributed by atoms with Crippen molar-refractivity contribution in [3.8, 4) is 0 Å². The molecule has 2 amide bonds. The minimum absolute atomic E-state index is 0.123. The first-order chi connectivity index (χ1) is 13.2. The molecular weight excluding hydrogens is 346 g/mol. The molecule has 1 heterocycles. The van der Waals surface area contributed by atoms with Gasteiger partial charge in [0.05, 0.1) is 6.20 Å². The smallest absolute Gasteiger partial charge is 0.408 e. The molecule has 7 heteroatoms. The molecule has 0 aliphatic heterocycles. The van der Waals surface area contributed by atoms with Crippen LogP contribution in [-0.4, -0.2) is 23.2 Å². The van der Waals surface area contributed by atoms with Gasteiger partial charge in [0, 0.05) is 6.42 Å². The summed E-state index contributed by atoms with van der Waals surface area (Å²) in [5, 5.41) is 8.82. The fourth-order valence-electron chi connectivity index (χ4n) is 2.46. The number of ether oxygens (including phenoxy) is 1. The quantitative estimate of drug-likeness (QED) is 0.671. The van der Waals surface area contributed by atoms with Gasteiger partial charge in [-0.1, -0.05) is 65.8 Å². The molecule has 0 aliphatic rings. The third kappa shape index (κ3) is 5.71. The lowest BCUT2D eigenvalue weighted by molar-refractivity contribution is -0.118. The highest BCUT2D eigenvalue weighted by atomic mass is 16.5. The monoisotopic (exact) mass is 365 g/mol. The molecule has 0 bridgehead atoms. The van der Waals surface area contributed by atoms with Crippen LogP contribution in [0.5, 0.6) is 0 Å². The Morgan fingerprint density at radius 1 is 1.00 bits per heavy atom. The summed E-state index contributed by atoms with van der Waals surface area (Å²) in [4.78, 5) is 24.8. The van der Waals surface area contributed by atoms with Crippen molar-refractivity contribution in [2.75, 3.05) is 5.32 Å². The fourth-order valence-corrected chi connectivity index (χ4v) is 2.46. The topological polar surface area (TPSA) is 93.5 Å². The molecule has 0 spiro atoms. The Kier molecular flexibility index (Phi) is 6.19. The first-order valence-electron chi connectivity index (χ1n) is 8.42. The van der Waals surface area contributed by atoms with E-state index in [2.05, 4.69) is 15.8 Å². The SMILES string of the molecule is O=C(N[C@@H](Cc1ccccc1)C(=O)Nc1cnoc1)OCc1ccccc1. The molecule has 1 atom stereocenters. The number of rotatable bonds is 7. The Morgan fingerprint density at radius 2 is 1.67 bits per heavy atom. The molecule has 2 aromatic carbocycles. The van der Waals surface area contributed by atoms with Gasteiger partial charge in [0.2, 0.25) is 5.91 Å². The van der Waals surface area contributed by atoms with Crippen LogP contribution in [0.15, 0.2) is 77.6 Å². The summed E-state index contributed by atoms with van der Waals surface area (Å²) in [6, 6.07) is 17.9.